The van der Waals surface area contributed by atoms with E-state index in [-0.39, 0.29) is 6.04 Å². The smallest absolute Gasteiger partial charge is 0.407 e. The first-order valence-electron chi connectivity index (χ1n) is 5.94. The van der Waals surface area contributed by atoms with Gasteiger partial charge in [-0.1, -0.05) is 12.1 Å². The zero-order chi connectivity index (χ0) is 12.5. The van der Waals surface area contributed by atoms with Crippen molar-refractivity contribution in [1.29, 1.82) is 0 Å². The van der Waals surface area contributed by atoms with E-state index in [9.17, 15) is 4.79 Å². The number of carboxylic acid groups (broad SMARTS) is 1. The van der Waals surface area contributed by atoms with Crippen molar-refractivity contribution in [2.45, 2.75) is 12.5 Å². The minimum atomic E-state index is -0.851. The number of rotatable bonds is 2. The molecular formula is C13H14N2O3. The Morgan fingerprint density at radius 2 is 2.33 bits per heavy atom. The molecule has 18 heavy (non-hydrogen) atoms. The quantitative estimate of drug-likeness (QED) is 0.854. The minimum Gasteiger partial charge on any atom is -0.465 e. The van der Waals surface area contributed by atoms with Gasteiger partial charge in [0.1, 0.15) is 0 Å². The lowest BCUT2D eigenvalue weighted by molar-refractivity contribution is 0.155. The molecular weight excluding hydrogens is 232 g/mol. The van der Waals surface area contributed by atoms with Crippen LogP contribution in [0.15, 0.2) is 34.9 Å². The predicted molar refractivity (Wildman–Crippen MR) is 67.8 cm³/mol. The van der Waals surface area contributed by atoms with Gasteiger partial charge in [0.25, 0.3) is 0 Å². The van der Waals surface area contributed by atoms with E-state index in [1.807, 2.05) is 24.3 Å². The van der Waals surface area contributed by atoms with Gasteiger partial charge in [-0.25, -0.2) is 4.79 Å². The van der Waals surface area contributed by atoms with Crippen LogP contribution in [0.3, 0.4) is 0 Å². The fourth-order valence-corrected chi connectivity index (χ4v) is 2.38. The molecule has 1 aliphatic rings. The molecule has 0 saturated carbocycles. The highest BCUT2D eigenvalue weighted by Crippen LogP contribution is 2.26. The second-order valence-corrected chi connectivity index (χ2v) is 4.50. The van der Waals surface area contributed by atoms with Gasteiger partial charge in [-0.05, 0) is 18.6 Å². The molecule has 0 aliphatic carbocycles. The van der Waals surface area contributed by atoms with E-state index in [1.54, 1.807) is 6.26 Å². The topological polar surface area (TPSA) is 65.7 Å². The molecule has 1 aromatic carbocycles. The highest BCUT2D eigenvalue weighted by atomic mass is 16.4. The molecule has 2 N–H and O–H groups in total. The first-order chi connectivity index (χ1) is 8.74. The number of para-hydroxylation sites is 1. The van der Waals surface area contributed by atoms with E-state index < -0.39 is 6.09 Å². The third-order valence-electron chi connectivity index (χ3n) is 3.30. The first-order valence-corrected chi connectivity index (χ1v) is 5.94. The molecule has 94 valence electrons. The number of nitrogens with zero attached hydrogens (tertiary/aromatic N) is 1. The summed E-state index contributed by atoms with van der Waals surface area (Å²) in [6, 6.07) is 7.97. The van der Waals surface area contributed by atoms with E-state index in [0.29, 0.717) is 13.1 Å². The fraction of sp³-hybridized carbons (Fsp3) is 0.308. The van der Waals surface area contributed by atoms with Gasteiger partial charge in [0.2, 0.25) is 0 Å². The molecule has 0 spiro atoms. The third-order valence-corrected chi connectivity index (χ3v) is 3.30. The highest BCUT2D eigenvalue weighted by molar-refractivity contribution is 5.89. The molecule has 5 heteroatoms. The van der Waals surface area contributed by atoms with Crippen molar-refractivity contribution < 1.29 is 14.3 Å². The van der Waals surface area contributed by atoms with Gasteiger partial charge < -0.3 is 19.7 Å². The van der Waals surface area contributed by atoms with Crippen molar-refractivity contribution in [3.05, 3.63) is 30.5 Å². The Morgan fingerprint density at radius 1 is 1.44 bits per heavy atom. The highest BCUT2D eigenvalue weighted by Gasteiger charge is 2.26. The van der Waals surface area contributed by atoms with Crippen molar-refractivity contribution in [1.82, 2.24) is 4.90 Å². The molecule has 1 aromatic heterocycles. The monoisotopic (exact) mass is 246 g/mol. The average Bonchev–Trinajstić information content (AvgIpc) is 2.97. The number of fused-ring (bicyclic) bond motifs is 1. The van der Waals surface area contributed by atoms with Crippen LogP contribution in [0.5, 0.6) is 0 Å². The van der Waals surface area contributed by atoms with Crippen LogP contribution >= 0.6 is 0 Å². The Kier molecular flexibility index (Phi) is 2.59. The zero-order valence-electron chi connectivity index (χ0n) is 9.80. The van der Waals surface area contributed by atoms with Crippen LogP contribution in [0.4, 0.5) is 10.5 Å². The Morgan fingerprint density at radius 3 is 3.11 bits per heavy atom. The Hall–Kier alpha value is -2.17. The van der Waals surface area contributed by atoms with Crippen LogP contribution in [0.25, 0.3) is 11.0 Å². The fourth-order valence-electron chi connectivity index (χ4n) is 2.38. The maximum atomic E-state index is 10.9. The van der Waals surface area contributed by atoms with Gasteiger partial charge in [0, 0.05) is 24.5 Å². The molecule has 0 unspecified atom stereocenters. The van der Waals surface area contributed by atoms with Crippen molar-refractivity contribution in [3.63, 3.8) is 0 Å². The van der Waals surface area contributed by atoms with Crippen molar-refractivity contribution in [2.24, 2.45) is 0 Å². The van der Waals surface area contributed by atoms with Crippen LogP contribution < -0.4 is 5.32 Å². The number of carbonyl (C=O) groups is 1. The standard InChI is InChI=1S/C13H14N2O3/c16-13(17)15-6-4-10(8-15)14-11-3-1-2-9-5-7-18-12(9)11/h1-3,5,7,10,14H,4,6,8H2,(H,16,17)/t10-/m0/s1. The number of furan rings is 1. The summed E-state index contributed by atoms with van der Waals surface area (Å²) in [5, 5.41) is 13.3. The number of anilines is 1. The summed E-state index contributed by atoms with van der Waals surface area (Å²) in [7, 11) is 0. The summed E-state index contributed by atoms with van der Waals surface area (Å²) in [6.45, 7) is 1.10. The van der Waals surface area contributed by atoms with Crippen LogP contribution in [0.1, 0.15) is 6.42 Å². The molecule has 5 nitrogen and oxygen atoms in total. The zero-order valence-corrected chi connectivity index (χ0v) is 9.80. The van der Waals surface area contributed by atoms with Gasteiger partial charge in [0.05, 0.1) is 12.0 Å². The van der Waals surface area contributed by atoms with E-state index >= 15 is 0 Å². The number of hydrogen-bond acceptors (Lipinski definition) is 3. The van der Waals surface area contributed by atoms with E-state index in [0.717, 1.165) is 23.1 Å². The summed E-state index contributed by atoms with van der Waals surface area (Å²) in [4.78, 5) is 12.3. The van der Waals surface area contributed by atoms with Crippen molar-refractivity contribution in [3.8, 4) is 0 Å². The third kappa shape index (κ3) is 1.88. The summed E-state index contributed by atoms with van der Waals surface area (Å²) in [5.74, 6) is 0. The van der Waals surface area contributed by atoms with Crippen LogP contribution in [-0.4, -0.2) is 35.2 Å². The molecule has 1 saturated heterocycles. The van der Waals surface area contributed by atoms with Gasteiger partial charge in [-0.2, -0.15) is 0 Å². The molecule has 1 aliphatic heterocycles. The molecule has 0 bridgehead atoms. The normalized spacial score (nSPS) is 19.3. The number of likely N-dealkylation sites (tertiary alicyclic amines) is 1. The SMILES string of the molecule is O=C(O)N1CC[C@H](Nc2cccc3ccoc23)C1. The van der Waals surface area contributed by atoms with Crippen LogP contribution in [0, 0.1) is 0 Å². The number of hydrogen-bond donors (Lipinski definition) is 2. The molecule has 1 amide bonds. The Balaban J connectivity index is 1.77. The molecule has 1 fully saturated rings. The number of amides is 1. The van der Waals surface area contributed by atoms with Crippen molar-refractivity contribution in [2.75, 3.05) is 18.4 Å². The summed E-state index contributed by atoms with van der Waals surface area (Å²) < 4.78 is 5.44. The summed E-state index contributed by atoms with van der Waals surface area (Å²) >= 11 is 0. The number of benzene rings is 1. The largest absolute Gasteiger partial charge is 0.465 e. The summed E-state index contributed by atoms with van der Waals surface area (Å²) in [5.41, 5.74) is 1.75. The minimum absolute atomic E-state index is 0.150. The maximum Gasteiger partial charge on any atom is 0.407 e. The molecule has 0 radical (unpaired) electrons. The van der Waals surface area contributed by atoms with Crippen molar-refractivity contribution >= 4 is 22.7 Å². The molecule has 3 rings (SSSR count). The lowest BCUT2D eigenvalue weighted by Crippen LogP contribution is -2.30. The Bertz CT molecular complexity index is 578. The lowest BCUT2D eigenvalue weighted by Gasteiger charge is -2.15. The summed E-state index contributed by atoms with van der Waals surface area (Å²) in [6.07, 6.45) is 1.63. The second-order valence-electron chi connectivity index (χ2n) is 4.50. The van der Waals surface area contributed by atoms with Gasteiger partial charge in [0.15, 0.2) is 5.58 Å². The second kappa shape index (κ2) is 4.25. The first kappa shape index (κ1) is 11.0. The molecule has 2 heterocycles. The molecule has 1 atom stereocenters. The maximum absolute atomic E-state index is 10.9. The Labute approximate surface area is 104 Å². The van der Waals surface area contributed by atoms with Gasteiger partial charge >= 0.3 is 6.09 Å². The van der Waals surface area contributed by atoms with E-state index in [1.165, 1.54) is 4.90 Å². The van der Waals surface area contributed by atoms with E-state index in [4.69, 9.17) is 9.52 Å². The van der Waals surface area contributed by atoms with Crippen LogP contribution in [0.2, 0.25) is 0 Å². The average molecular weight is 246 g/mol. The van der Waals surface area contributed by atoms with Crippen LogP contribution in [-0.2, 0) is 0 Å². The van der Waals surface area contributed by atoms with E-state index in [2.05, 4.69) is 5.32 Å². The molecule has 2 aromatic rings. The lowest BCUT2D eigenvalue weighted by atomic mass is 10.2. The van der Waals surface area contributed by atoms with Gasteiger partial charge in [-0.3, -0.25) is 0 Å². The van der Waals surface area contributed by atoms with Gasteiger partial charge in [-0.15, -0.1) is 0 Å². The number of nitrogens with one attached hydrogen (secondary N) is 1. The predicted octanol–water partition coefficient (Wildman–Crippen LogP) is 2.60.